The molecule has 0 spiro atoms. The van der Waals surface area contributed by atoms with Gasteiger partial charge in [0, 0.05) is 11.8 Å². The standard InChI is InChI=1S/C16H14F2N2O3/c17-12-6-5-9(7-13(12)18)19-14(21)8-20-15(22)10-3-1-2-4-11(10)16(20)23/h1-2,5-7,10-11H,3-4,8H2,(H,19,21)/t10-,11-/m0/s1. The Balaban J connectivity index is 1.67. The first-order valence-electron chi connectivity index (χ1n) is 7.22. The highest BCUT2D eigenvalue weighted by molar-refractivity contribution is 6.08. The summed E-state index contributed by atoms with van der Waals surface area (Å²) in [6.07, 6.45) is 4.71. The quantitative estimate of drug-likeness (QED) is 0.683. The minimum Gasteiger partial charge on any atom is -0.324 e. The second-order valence-corrected chi connectivity index (χ2v) is 5.60. The van der Waals surface area contributed by atoms with Gasteiger partial charge in [-0.15, -0.1) is 0 Å². The van der Waals surface area contributed by atoms with Gasteiger partial charge in [-0.25, -0.2) is 8.78 Å². The monoisotopic (exact) mass is 320 g/mol. The molecule has 0 radical (unpaired) electrons. The number of fused-ring (bicyclic) bond motifs is 1. The Labute approximate surface area is 131 Å². The van der Waals surface area contributed by atoms with Gasteiger partial charge >= 0.3 is 0 Å². The summed E-state index contributed by atoms with van der Waals surface area (Å²) in [5, 5.41) is 2.35. The third-order valence-corrected chi connectivity index (χ3v) is 4.10. The molecule has 1 fully saturated rings. The summed E-state index contributed by atoms with van der Waals surface area (Å²) < 4.78 is 26.0. The third-order valence-electron chi connectivity index (χ3n) is 4.10. The zero-order chi connectivity index (χ0) is 16.6. The molecule has 0 bridgehead atoms. The number of allylic oxidation sites excluding steroid dienone is 2. The summed E-state index contributed by atoms with van der Waals surface area (Å²) >= 11 is 0. The van der Waals surface area contributed by atoms with Crippen molar-refractivity contribution in [2.45, 2.75) is 12.8 Å². The molecule has 1 N–H and O–H groups in total. The molecule has 0 saturated carbocycles. The molecule has 0 aromatic heterocycles. The molecule has 1 aliphatic heterocycles. The van der Waals surface area contributed by atoms with E-state index in [9.17, 15) is 23.2 Å². The van der Waals surface area contributed by atoms with Crippen molar-refractivity contribution in [3.63, 3.8) is 0 Å². The highest BCUT2D eigenvalue weighted by Crippen LogP contribution is 2.34. The van der Waals surface area contributed by atoms with Crippen molar-refractivity contribution in [2.24, 2.45) is 11.8 Å². The predicted octanol–water partition coefficient (Wildman–Crippen LogP) is 1.85. The number of imide groups is 1. The minimum atomic E-state index is -1.09. The maximum Gasteiger partial charge on any atom is 0.244 e. The van der Waals surface area contributed by atoms with E-state index in [1.165, 1.54) is 6.07 Å². The molecule has 1 aromatic rings. The lowest BCUT2D eigenvalue weighted by Gasteiger charge is -2.14. The minimum absolute atomic E-state index is 0.0621. The van der Waals surface area contributed by atoms with Gasteiger partial charge < -0.3 is 5.32 Å². The SMILES string of the molecule is O=C(CN1C(=O)[C@H]2CC=CC[C@@H]2C1=O)Nc1ccc(F)c(F)c1. The molecule has 3 amide bonds. The lowest BCUT2D eigenvalue weighted by atomic mass is 9.85. The number of hydrogen-bond acceptors (Lipinski definition) is 3. The molecule has 1 heterocycles. The molecule has 1 aromatic carbocycles. The van der Waals surface area contributed by atoms with Crippen LogP contribution in [0.5, 0.6) is 0 Å². The van der Waals surface area contributed by atoms with E-state index in [0.717, 1.165) is 17.0 Å². The number of halogens is 2. The van der Waals surface area contributed by atoms with Crippen LogP contribution in [0.15, 0.2) is 30.4 Å². The van der Waals surface area contributed by atoms with E-state index in [2.05, 4.69) is 5.32 Å². The van der Waals surface area contributed by atoms with Crippen LogP contribution in [0.4, 0.5) is 14.5 Å². The number of rotatable bonds is 3. The van der Waals surface area contributed by atoms with Crippen molar-refractivity contribution in [2.75, 3.05) is 11.9 Å². The Bertz CT molecular complexity index is 691. The summed E-state index contributed by atoms with van der Waals surface area (Å²) in [6.45, 7) is -0.427. The maximum atomic E-state index is 13.1. The lowest BCUT2D eigenvalue weighted by molar-refractivity contribution is -0.142. The number of carbonyl (C=O) groups excluding carboxylic acids is 3. The number of likely N-dealkylation sites (tertiary alicyclic amines) is 1. The normalized spacial score (nSPS) is 23.1. The highest BCUT2D eigenvalue weighted by Gasteiger charge is 2.47. The van der Waals surface area contributed by atoms with E-state index < -0.39 is 35.9 Å². The first kappa shape index (κ1) is 15.3. The van der Waals surface area contributed by atoms with Gasteiger partial charge in [0.25, 0.3) is 0 Å². The molecule has 23 heavy (non-hydrogen) atoms. The van der Waals surface area contributed by atoms with Crippen LogP contribution in [-0.2, 0) is 14.4 Å². The van der Waals surface area contributed by atoms with Gasteiger partial charge in [-0.3, -0.25) is 19.3 Å². The molecule has 3 rings (SSSR count). The maximum absolute atomic E-state index is 13.1. The zero-order valence-electron chi connectivity index (χ0n) is 12.1. The molecule has 1 aliphatic carbocycles. The Morgan fingerprint density at radius 3 is 2.26 bits per heavy atom. The second kappa shape index (κ2) is 5.91. The number of carbonyl (C=O) groups is 3. The first-order valence-corrected chi connectivity index (χ1v) is 7.22. The first-order chi connectivity index (χ1) is 11.0. The average Bonchev–Trinajstić information content (AvgIpc) is 2.76. The molecule has 120 valence electrons. The number of nitrogens with one attached hydrogen (secondary N) is 1. The molecule has 0 unspecified atom stereocenters. The topological polar surface area (TPSA) is 66.5 Å². The Morgan fingerprint density at radius 2 is 1.70 bits per heavy atom. The van der Waals surface area contributed by atoms with Crippen LogP contribution in [0.2, 0.25) is 0 Å². The van der Waals surface area contributed by atoms with Crippen LogP contribution in [0.1, 0.15) is 12.8 Å². The van der Waals surface area contributed by atoms with Gasteiger partial charge in [0.1, 0.15) is 6.54 Å². The molecule has 7 heteroatoms. The van der Waals surface area contributed by atoms with Crippen molar-refractivity contribution in [1.82, 2.24) is 4.90 Å². The number of anilines is 1. The van der Waals surface area contributed by atoms with Crippen LogP contribution in [0.3, 0.4) is 0 Å². The Kier molecular flexibility index (Phi) is 3.94. The van der Waals surface area contributed by atoms with E-state index in [-0.39, 0.29) is 17.5 Å². The van der Waals surface area contributed by atoms with Crippen LogP contribution in [0.25, 0.3) is 0 Å². The van der Waals surface area contributed by atoms with E-state index in [1.807, 2.05) is 12.2 Å². The third kappa shape index (κ3) is 2.86. The number of nitrogens with zero attached hydrogens (tertiary/aromatic N) is 1. The fraction of sp³-hybridized carbons (Fsp3) is 0.312. The smallest absolute Gasteiger partial charge is 0.244 e. The molecule has 5 nitrogen and oxygen atoms in total. The van der Waals surface area contributed by atoms with Crippen molar-refractivity contribution in [3.05, 3.63) is 42.0 Å². The largest absolute Gasteiger partial charge is 0.324 e. The van der Waals surface area contributed by atoms with Crippen LogP contribution >= 0.6 is 0 Å². The molecular formula is C16H14F2N2O3. The lowest BCUT2D eigenvalue weighted by Crippen LogP contribution is -2.38. The van der Waals surface area contributed by atoms with Gasteiger partial charge in [0.05, 0.1) is 11.8 Å². The summed E-state index contributed by atoms with van der Waals surface area (Å²) in [6, 6.07) is 2.93. The van der Waals surface area contributed by atoms with Crippen molar-refractivity contribution in [3.8, 4) is 0 Å². The summed E-state index contributed by atoms with van der Waals surface area (Å²) in [5.41, 5.74) is 0.0621. The average molecular weight is 320 g/mol. The molecule has 2 aliphatic rings. The van der Waals surface area contributed by atoms with Gasteiger partial charge in [-0.05, 0) is 25.0 Å². The molecule has 2 atom stereocenters. The number of hydrogen-bond donors (Lipinski definition) is 1. The van der Waals surface area contributed by atoms with Gasteiger partial charge in [0.2, 0.25) is 17.7 Å². The van der Waals surface area contributed by atoms with Crippen molar-refractivity contribution >= 4 is 23.4 Å². The molecule has 1 saturated heterocycles. The van der Waals surface area contributed by atoms with Crippen LogP contribution < -0.4 is 5.32 Å². The zero-order valence-corrected chi connectivity index (χ0v) is 12.1. The van der Waals surface area contributed by atoms with Crippen molar-refractivity contribution < 1.29 is 23.2 Å². The number of benzene rings is 1. The van der Waals surface area contributed by atoms with E-state index in [4.69, 9.17) is 0 Å². The molecular weight excluding hydrogens is 306 g/mol. The van der Waals surface area contributed by atoms with Gasteiger partial charge in [0.15, 0.2) is 11.6 Å². The predicted molar refractivity (Wildman–Crippen MR) is 77.1 cm³/mol. The fourth-order valence-corrected chi connectivity index (χ4v) is 2.94. The van der Waals surface area contributed by atoms with E-state index >= 15 is 0 Å². The van der Waals surface area contributed by atoms with Crippen LogP contribution in [0, 0.1) is 23.5 Å². The fourth-order valence-electron chi connectivity index (χ4n) is 2.94. The summed E-state index contributed by atoms with van der Waals surface area (Å²) in [4.78, 5) is 37.4. The van der Waals surface area contributed by atoms with Crippen molar-refractivity contribution in [1.29, 1.82) is 0 Å². The summed E-state index contributed by atoms with van der Waals surface area (Å²) in [5.74, 6) is -4.26. The van der Waals surface area contributed by atoms with Gasteiger partial charge in [-0.1, -0.05) is 12.2 Å². The Hall–Kier alpha value is -2.57. The van der Waals surface area contributed by atoms with Crippen LogP contribution in [-0.4, -0.2) is 29.2 Å². The summed E-state index contributed by atoms with van der Waals surface area (Å²) in [7, 11) is 0. The highest BCUT2D eigenvalue weighted by atomic mass is 19.2. The van der Waals surface area contributed by atoms with E-state index in [0.29, 0.717) is 12.8 Å². The number of amides is 3. The van der Waals surface area contributed by atoms with E-state index in [1.54, 1.807) is 0 Å². The second-order valence-electron chi connectivity index (χ2n) is 5.60. The Morgan fingerprint density at radius 1 is 1.09 bits per heavy atom. The van der Waals surface area contributed by atoms with Gasteiger partial charge in [-0.2, -0.15) is 0 Å².